The second-order valence-corrected chi connectivity index (χ2v) is 3.63. The zero-order valence-corrected chi connectivity index (χ0v) is 8.62. The Morgan fingerprint density at radius 1 is 1.53 bits per heavy atom. The molecule has 6 nitrogen and oxygen atoms in total. The van der Waals surface area contributed by atoms with Crippen LogP contribution in [0.4, 0.5) is 0 Å². The Balaban J connectivity index is 2.11. The third kappa shape index (κ3) is 5.06. The molecule has 0 saturated heterocycles. The number of carbonyl (C=O) groups excluding carboxylic acids is 1. The van der Waals surface area contributed by atoms with E-state index in [-0.39, 0.29) is 24.0 Å². The number of carboxylic acids is 1. The minimum absolute atomic E-state index is 0.0737. The van der Waals surface area contributed by atoms with E-state index in [0.717, 1.165) is 11.8 Å². The van der Waals surface area contributed by atoms with Gasteiger partial charge in [-0.2, -0.15) is 0 Å². The number of nitrogens with one attached hydrogen (secondary N) is 1. The van der Waals surface area contributed by atoms with Crippen LogP contribution in [0.5, 0.6) is 0 Å². The summed E-state index contributed by atoms with van der Waals surface area (Å²) in [6, 6.07) is 1.64. The minimum Gasteiger partial charge on any atom is -0.481 e. The van der Waals surface area contributed by atoms with Gasteiger partial charge in [-0.3, -0.25) is 9.59 Å². The van der Waals surface area contributed by atoms with Crippen molar-refractivity contribution in [2.75, 3.05) is 11.5 Å². The van der Waals surface area contributed by atoms with Crippen LogP contribution < -0.4 is 5.32 Å². The van der Waals surface area contributed by atoms with Crippen molar-refractivity contribution < 1.29 is 19.2 Å². The summed E-state index contributed by atoms with van der Waals surface area (Å²) in [6.45, 7) is 0.270. The molecule has 0 spiro atoms. The molecular formula is C8H10N2O4S. The summed E-state index contributed by atoms with van der Waals surface area (Å²) >= 11 is 1.05. The summed E-state index contributed by atoms with van der Waals surface area (Å²) in [4.78, 5) is 21.3. The zero-order valence-electron chi connectivity index (χ0n) is 7.80. The average Bonchev–Trinajstić information content (AvgIpc) is 2.66. The molecule has 15 heavy (non-hydrogen) atoms. The normalized spacial score (nSPS) is 9.87. The number of carboxylic acid groups (broad SMARTS) is 1. The molecule has 1 aromatic rings. The summed E-state index contributed by atoms with van der Waals surface area (Å²) in [6.07, 6.45) is 1.49. The molecule has 7 heteroatoms. The molecule has 0 unspecified atom stereocenters. The Kier molecular flexibility index (Phi) is 4.69. The first-order valence-electron chi connectivity index (χ1n) is 4.14. The molecule has 0 fully saturated rings. The standard InChI is InChI=1S/C8H10N2O4S/c11-7(4-15-5-8(12)13)9-3-6-1-2-10-14-6/h1-2H,3-5H2,(H,9,11)(H,12,13). The lowest BCUT2D eigenvalue weighted by atomic mass is 10.4. The quantitative estimate of drug-likeness (QED) is 0.720. The molecule has 2 N–H and O–H groups in total. The first kappa shape index (κ1) is 11.6. The summed E-state index contributed by atoms with van der Waals surface area (Å²) in [5.41, 5.74) is 0. The van der Waals surface area contributed by atoms with E-state index >= 15 is 0 Å². The Bertz CT molecular complexity index is 325. The van der Waals surface area contributed by atoms with Crippen molar-refractivity contribution in [3.63, 3.8) is 0 Å². The highest BCUT2D eigenvalue weighted by atomic mass is 32.2. The minimum atomic E-state index is -0.928. The molecular weight excluding hydrogens is 220 g/mol. The van der Waals surface area contributed by atoms with E-state index in [1.165, 1.54) is 6.20 Å². The lowest BCUT2D eigenvalue weighted by Crippen LogP contribution is -2.24. The maximum atomic E-state index is 11.1. The van der Waals surface area contributed by atoms with Crippen LogP contribution in [0.1, 0.15) is 5.76 Å². The first-order valence-corrected chi connectivity index (χ1v) is 5.30. The number of hydrogen-bond donors (Lipinski definition) is 2. The van der Waals surface area contributed by atoms with Crippen molar-refractivity contribution in [2.45, 2.75) is 6.54 Å². The predicted octanol–water partition coefficient (Wildman–Crippen LogP) is 0.109. The fourth-order valence-corrected chi connectivity index (χ4v) is 1.37. The molecule has 1 rings (SSSR count). The van der Waals surface area contributed by atoms with Gasteiger partial charge in [0.05, 0.1) is 24.2 Å². The third-order valence-corrected chi connectivity index (χ3v) is 2.33. The number of rotatable bonds is 6. The zero-order chi connectivity index (χ0) is 11.1. The van der Waals surface area contributed by atoms with Gasteiger partial charge in [-0.1, -0.05) is 5.16 Å². The second kappa shape index (κ2) is 6.07. The predicted molar refractivity (Wildman–Crippen MR) is 53.3 cm³/mol. The van der Waals surface area contributed by atoms with Crippen LogP contribution in [0.15, 0.2) is 16.8 Å². The van der Waals surface area contributed by atoms with E-state index in [1.54, 1.807) is 6.07 Å². The SMILES string of the molecule is O=C(O)CSCC(=O)NCc1ccno1. The highest BCUT2D eigenvalue weighted by Crippen LogP contribution is 1.99. The van der Waals surface area contributed by atoms with Gasteiger partial charge in [0.1, 0.15) is 0 Å². The van der Waals surface area contributed by atoms with Gasteiger partial charge in [0, 0.05) is 6.07 Å². The van der Waals surface area contributed by atoms with Gasteiger partial charge in [0.2, 0.25) is 5.91 Å². The van der Waals surface area contributed by atoms with Crippen molar-refractivity contribution in [1.29, 1.82) is 0 Å². The molecule has 0 saturated carbocycles. The molecule has 0 atom stereocenters. The maximum Gasteiger partial charge on any atom is 0.313 e. The lowest BCUT2D eigenvalue weighted by molar-refractivity contribution is -0.133. The Labute approximate surface area is 90.0 Å². The van der Waals surface area contributed by atoms with Crippen molar-refractivity contribution >= 4 is 23.6 Å². The molecule has 0 aliphatic carbocycles. The van der Waals surface area contributed by atoms with Crippen molar-refractivity contribution in [1.82, 2.24) is 10.5 Å². The van der Waals surface area contributed by atoms with Gasteiger partial charge in [0.25, 0.3) is 0 Å². The van der Waals surface area contributed by atoms with Crippen LogP contribution in [0.25, 0.3) is 0 Å². The fraction of sp³-hybridized carbons (Fsp3) is 0.375. The van der Waals surface area contributed by atoms with Crippen molar-refractivity contribution in [3.05, 3.63) is 18.0 Å². The second-order valence-electron chi connectivity index (χ2n) is 2.64. The topological polar surface area (TPSA) is 92.4 Å². The molecule has 1 amide bonds. The van der Waals surface area contributed by atoms with Gasteiger partial charge >= 0.3 is 5.97 Å². The monoisotopic (exact) mass is 230 g/mol. The first-order chi connectivity index (χ1) is 7.18. The van der Waals surface area contributed by atoms with Crippen molar-refractivity contribution in [3.8, 4) is 0 Å². The molecule has 0 bridgehead atoms. The van der Waals surface area contributed by atoms with E-state index in [4.69, 9.17) is 9.63 Å². The molecule has 0 aliphatic heterocycles. The van der Waals surface area contributed by atoms with Crippen LogP contribution in [-0.4, -0.2) is 33.6 Å². The Morgan fingerprint density at radius 2 is 2.33 bits per heavy atom. The fourth-order valence-electron chi connectivity index (χ4n) is 0.801. The van der Waals surface area contributed by atoms with E-state index in [2.05, 4.69) is 10.5 Å². The summed E-state index contributed by atoms with van der Waals surface area (Å²) in [5.74, 6) is -0.539. The number of nitrogens with zero attached hydrogens (tertiary/aromatic N) is 1. The van der Waals surface area contributed by atoms with E-state index in [1.807, 2.05) is 0 Å². The Hall–Kier alpha value is -1.50. The van der Waals surface area contributed by atoms with Crippen molar-refractivity contribution in [2.24, 2.45) is 0 Å². The Morgan fingerprint density at radius 3 is 2.93 bits per heavy atom. The lowest BCUT2D eigenvalue weighted by Gasteiger charge is -2.00. The van der Waals surface area contributed by atoms with Gasteiger partial charge < -0.3 is 14.9 Å². The molecule has 0 radical (unpaired) electrons. The maximum absolute atomic E-state index is 11.1. The van der Waals surface area contributed by atoms with Crippen LogP contribution in [0.2, 0.25) is 0 Å². The van der Waals surface area contributed by atoms with Gasteiger partial charge in [-0.05, 0) is 0 Å². The van der Waals surface area contributed by atoms with Gasteiger partial charge in [-0.25, -0.2) is 0 Å². The number of aliphatic carboxylic acids is 1. The summed E-state index contributed by atoms with van der Waals surface area (Å²) in [5, 5.41) is 14.4. The van der Waals surface area contributed by atoms with Crippen LogP contribution in [-0.2, 0) is 16.1 Å². The van der Waals surface area contributed by atoms with E-state index < -0.39 is 5.97 Å². The molecule has 0 aromatic carbocycles. The van der Waals surface area contributed by atoms with Gasteiger partial charge in [-0.15, -0.1) is 11.8 Å². The number of hydrogen-bond acceptors (Lipinski definition) is 5. The molecule has 1 heterocycles. The third-order valence-electron chi connectivity index (χ3n) is 1.41. The van der Waals surface area contributed by atoms with Crippen LogP contribution in [0.3, 0.4) is 0 Å². The van der Waals surface area contributed by atoms with E-state index in [0.29, 0.717) is 5.76 Å². The molecule has 82 valence electrons. The summed E-state index contributed by atoms with van der Waals surface area (Å²) < 4.78 is 4.76. The van der Waals surface area contributed by atoms with Gasteiger partial charge in [0.15, 0.2) is 5.76 Å². The number of amides is 1. The number of thioether (sulfide) groups is 1. The average molecular weight is 230 g/mol. The molecule has 0 aliphatic rings. The molecule has 1 aromatic heterocycles. The number of aromatic nitrogens is 1. The number of carbonyl (C=O) groups is 2. The van der Waals surface area contributed by atoms with Crippen LogP contribution in [0, 0.1) is 0 Å². The largest absolute Gasteiger partial charge is 0.481 e. The highest BCUT2D eigenvalue weighted by molar-refractivity contribution is 8.00. The smallest absolute Gasteiger partial charge is 0.313 e. The summed E-state index contributed by atoms with van der Waals surface area (Å²) in [7, 11) is 0. The highest BCUT2D eigenvalue weighted by Gasteiger charge is 2.04. The van der Waals surface area contributed by atoms with E-state index in [9.17, 15) is 9.59 Å². The van der Waals surface area contributed by atoms with Crippen LogP contribution >= 0.6 is 11.8 Å².